The van der Waals surface area contributed by atoms with Crippen LogP contribution in [0.2, 0.25) is 0 Å². The Bertz CT molecular complexity index is 1010. The molecule has 9 heteroatoms. The van der Waals surface area contributed by atoms with Crippen LogP contribution in [0.5, 0.6) is 11.6 Å². The van der Waals surface area contributed by atoms with Crippen molar-refractivity contribution < 1.29 is 22.7 Å². The molecule has 0 radical (unpaired) electrons. The molecule has 28 heavy (non-hydrogen) atoms. The first-order valence-corrected chi connectivity index (χ1v) is 9.09. The highest BCUT2D eigenvalue weighted by Crippen LogP contribution is 2.37. The van der Waals surface area contributed by atoms with E-state index in [2.05, 4.69) is 15.3 Å². The van der Waals surface area contributed by atoms with Gasteiger partial charge >= 0.3 is 6.18 Å². The number of hydrogen-bond donors (Lipinski definition) is 1. The first kappa shape index (κ1) is 19.8. The number of nitrogens with zero attached hydrogens (tertiary/aromatic N) is 2. The van der Waals surface area contributed by atoms with Crippen LogP contribution in [-0.2, 0) is 11.0 Å². The standard InChI is InChI=1S/C19H16F3N3O2S/c1-11(24-12(2)26)3-4-13-5-8-17(23-10-13)27-14-6-7-15-16(9-14)28-18(25-15)19(20,21)22/h3-11H,1-2H3,(H,24,26)/b4-3+/t11-/m0/s1. The molecule has 1 atom stereocenters. The molecule has 3 rings (SSSR count). The van der Waals surface area contributed by atoms with E-state index in [0.29, 0.717) is 27.7 Å². The van der Waals surface area contributed by atoms with E-state index in [1.165, 1.54) is 19.1 Å². The molecule has 1 amide bonds. The molecule has 1 N–H and O–H groups in total. The molecular weight excluding hydrogens is 391 g/mol. The van der Waals surface area contributed by atoms with Crippen LogP contribution in [0, 0.1) is 0 Å². The molecule has 0 aliphatic carbocycles. The van der Waals surface area contributed by atoms with Gasteiger partial charge in [0, 0.05) is 31.3 Å². The monoisotopic (exact) mass is 407 g/mol. The van der Waals surface area contributed by atoms with Gasteiger partial charge in [-0.05, 0) is 30.7 Å². The summed E-state index contributed by atoms with van der Waals surface area (Å²) in [5.74, 6) is 0.575. The number of thiazole rings is 1. The summed E-state index contributed by atoms with van der Waals surface area (Å²) in [5, 5.41) is 1.85. The predicted molar refractivity (Wildman–Crippen MR) is 101 cm³/mol. The Morgan fingerprint density at radius 3 is 2.71 bits per heavy atom. The lowest BCUT2D eigenvalue weighted by Gasteiger charge is -2.07. The zero-order chi connectivity index (χ0) is 20.3. The summed E-state index contributed by atoms with van der Waals surface area (Å²) in [6, 6.07) is 7.87. The van der Waals surface area contributed by atoms with Crippen molar-refractivity contribution in [2.75, 3.05) is 0 Å². The van der Waals surface area contributed by atoms with E-state index >= 15 is 0 Å². The highest BCUT2D eigenvalue weighted by Gasteiger charge is 2.34. The van der Waals surface area contributed by atoms with Crippen LogP contribution >= 0.6 is 11.3 Å². The molecule has 0 saturated carbocycles. The number of ether oxygens (including phenoxy) is 1. The number of pyridine rings is 1. The summed E-state index contributed by atoms with van der Waals surface area (Å²) in [6.45, 7) is 3.30. The highest BCUT2D eigenvalue weighted by atomic mass is 32.1. The summed E-state index contributed by atoms with van der Waals surface area (Å²) < 4.78 is 44.3. The largest absolute Gasteiger partial charge is 0.443 e. The fourth-order valence-electron chi connectivity index (χ4n) is 2.39. The van der Waals surface area contributed by atoms with E-state index < -0.39 is 11.2 Å². The van der Waals surface area contributed by atoms with Crippen molar-refractivity contribution >= 4 is 33.5 Å². The van der Waals surface area contributed by atoms with Gasteiger partial charge in [-0.2, -0.15) is 13.2 Å². The summed E-state index contributed by atoms with van der Waals surface area (Å²) in [4.78, 5) is 18.8. The third kappa shape index (κ3) is 5.07. The van der Waals surface area contributed by atoms with Gasteiger partial charge < -0.3 is 10.1 Å². The van der Waals surface area contributed by atoms with Crippen molar-refractivity contribution in [2.24, 2.45) is 0 Å². The number of rotatable bonds is 5. The van der Waals surface area contributed by atoms with E-state index in [9.17, 15) is 18.0 Å². The second-order valence-corrected chi connectivity index (χ2v) is 7.06. The molecule has 0 unspecified atom stereocenters. The van der Waals surface area contributed by atoms with Crippen molar-refractivity contribution in [1.29, 1.82) is 0 Å². The molecule has 0 bridgehead atoms. The fraction of sp³-hybridized carbons (Fsp3) is 0.211. The molecule has 0 spiro atoms. The van der Waals surface area contributed by atoms with Gasteiger partial charge in [-0.3, -0.25) is 4.79 Å². The van der Waals surface area contributed by atoms with Crippen LogP contribution in [0.25, 0.3) is 16.3 Å². The molecule has 0 saturated heterocycles. The van der Waals surface area contributed by atoms with Gasteiger partial charge in [0.25, 0.3) is 0 Å². The molecule has 0 aliphatic rings. The van der Waals surface area contributed by atoms with Crippen molar-refractivity contribution in [3.63, 3.8) is 0 Å². The predicted octanol–water partition coefficient (Wildman–Crippen LogP) is 5.04. The average molecular weight is 407 g/mol. The zero-order valence-electron chi connectivity index (χ0n) is 14.9. The number of aromatic nitrogens is 2. The maximum atomic E-state index is 12.8. The van der Waals surface area contributed by atoms with Gasteiger partial charge in [0.2, 0.25) is 11.8 Å². The van der Waals surface area contributed by atoms with Gasteiger partial charge in [-0.25, -0.2) is 9.97 Å². The smallest absolute Gasteiger partial charge is 0.439 e. The molecule has 146 valence electrons. The van der Waals surface area contributed by atoms with Gasteiger partial charge in [0.05, 0.1) is 10.2 Å². The number of amides is 1. The number of hydrogen-bond acceptors (Lipinski definition) is 5. The number of alkyl halides is 3. The van der Waals surface area contributed by atoms with Gasteiger partial charge in [0.1, 0.15) is 5.75 Å². The van der Waals surface area contributed by atoms with E-state index in [1.54, 1.807) is 24.4 Å². The Labute approximate surface area is 162 Å². The second-order valence-electron chi connectivity index (χ2n) is 6.03. The molecular formula is C19H16F3N3O2S. The Kier molecular flexibility index (Phi) is 5.64. The van der Waals surface area contributed by atoms with Crippen molar-refractivity contribution in [3.05, 3.63) is 53.2 Å². The Morgan fingerprint density at radius 1 is 1.29 bits per heavy atom. The molecule has 0 aliphatic heterocycles. The number of carbonyl (C=O) groups is 1. The van der Waals surface area contributed by atoms with Crippen LogP contribution in [0.15, 0.2) is 42.6 Å². The maximum absolute atomic E-state index is 12.8. The zero-order valence-corrected chi connectivity index (χ0v) is 15.8. The van der Waals surface area contributed by atoms with Crippen LogP contribution < -0.4 is 10.1 Å². The Morgan fingerprint density at radius 2 is 2.07 bits per heavy atom. The van der Waals surface area contributed by atoms with Crippen LogP contribution in [0.3, 0.4) is 0 Å². The molecule has 2 heterocycles. The minimum atomic E-state index is -4.47. The van der Waals surface area contributed by atoms with Crippen LogP contribution in [-0.4, -0.2) is 21.9 Å². The molecule has 5 nitrogen and oxygen atoms in total. The van der Waals surface area contributed by atoms with Gasteiger partial charge in [-0.15, -0.1) is 11.3 Å². The lowest BCUT2D eigenvalue weighted by molar-refractivity contribution is -0.137. The lowest BCUT2D eigenvalue weighted by atomic mass is 10.2. The number of nitrogens with one attached hydrogen (secondary N) is 1. The summed E-state index contributed by atoms with van der Waals surface area (Å²) in [7, 11) is 0. The summed E-state index contributed by atoms with van der Waals surface area (Å²) >= 11 is 0.569. The number of benzene rings is 1. The first-order chi connectivity index (χ1) is 13.2. The third-order valence-corrected chi connectivity index (χ3v) is 4.66. The Hall–Kier alpha value is -2.94. The van der Waals surface area contributed by atoms with E-state index in [1.807, 2.05) is 19.1 Å². The first-order valence-electron chi connectivity index (χ1n) is 8.28. The number of fused-ring (bicyclic) bond motifs is 1. The highest BCUT2D eigenvalue weighted by molar-refractivity contribution is 7.18. The average Bonchev–Trinajstić information content (AvgIpc) is 3.04. The molecule has 3 aromatic rings. The molecule has 2 aromatic heterocycles. The number of carbonyl (C=O) groups excluding carboxylic acids is 1. The quantitative estimate of drug-likeness (QED) is 0.644. The molecule has 0 fully saturated rings. The van der Waals surface area contributed by atoms with E-state index in [0.717, 1.165) is 5.56 Å². The summed E-state index contributed by atoms with van der Waals surface area (Å²) in [5.41, 5.74) is 1.09. The third-order valence-electron chi connectivity index (χ3n) is 3.59. The van der Waals surface area contributed by atoms with Crippen LogP contribution in [0.1, 0.15) is 24.4 Å². The minimum Gasteiger partial charge on any atom is -0.439 e. The van der Waals surface area contributed by atoms with Crippen molar-refractivity contribution in [3.8, 4) is 11.6 Å². The van der Waals surface area contributed by atoms with E-state index in [-0.39, 0.29) is 17.5 Å². The fourth-order valence-corrected chi connectivity index (χ4v) is 3.25. The number of halogens is 3. The minimum absolute atomic E-state index is 0.110. The summed E-state index contributed by atoms with van der Waals surface area (Å²) in [6.07, 6.45) is 0.778. The van der Waals surface area contributed by atoms with Gasteiger partial charge in [0.15, 0.2) is 5.01 Å². The lowest BCUT2D eigenvalue weighted by Crippen LogP contribution is -2.28. The van der Waals surface area contributed by atoms with Gasteiger partial charge in [-0.1, -0.05) is 12.2 Å². The Balaban J connectivity index is 1.70. The van der Waals surface area contributed by atoms with Crippen molar-refractivity contribution in [1.82, 2.24) is 15.3 Å². The SMILES string of the molecule is CC(=O)N[C@@H](C)/C=C/c1ccc(Oc2ccc3nc(C(F)(F)F)sc3c2)nc1. The second kappa shape index (κ2) is 7.97. The van der Waals surface area contributed by atoms with E-state index in [4.69, 9.17) is 4.74 Å². The maximum Gasteiger partial charge on any atom is 0.443 e. The normalized spacial score (nSPS) is 13.0. The van der Waals surface area contributed by atoms with Crippen molar-refractivity contribution in [2.45, 2.75) is 26.1 Å². The topological polar surface area (TPSA) is 64.1 Å². The molecule has 1 aromatic carbocycles. The van der Waals surface area contributed by atoms with Crippen LogP contribution in [0.4, 0.5) is 13.2 Å².